The first-order valence-corrected chi connectivity index (χ1v) is 12.7. The third kappa shape index (κ3) is 5.00. The van der Waals surface area contributed by atoms with Gasteiger partial charge in [-0.2, -0.15) is 0 Å². The molecule has 1 aromatic carbocycles. The normalized spacial score (nSPS) is 38.2. The molecule has 0 unspecified atom stereocenters. The molecule has 4 rings (SSSR count). The van der Waals surface area contributed by atoms with Crippen LogP contribution in [0.15, 0.2) is 66.8 Å². The third-order valence-corrected chi connectivity index (χ3v) is 8.04. The number of carbonyl (C=O) groups is 2. The molecule has 2 fully saturated rings. The van der Waals surface area contributed by atoms with E-state index >= 15 is 0 Å². The average molecular weight is 480 g/mol. The Kier molecular flexibility index (Phi) is 7.62. The summed E-state index contributed by atoms with van der Waals surface area (Å²) in [5, 5.41) is 24.7. The van der Waals surface area contributed by atoms with Crippen LogP contribution in [0.2, 0.25) is 0 Å². The van der Waals surface area contributed by atoms with Gasteiger partial charge in [-0.3, -0.25) is 4.79 Å². The number of aliphatic hydroxyl groups is 2. The van der Waals surface area contributed by atoms with Gasteiger partial charge < -0.3 is 20.3 Å². The van der Waals surface area contributed by atoms with E-state index in [1.54, 1.807) is 0 Å². The van der Waals surface area contributed by atoms with Crippen LogP contribution in [-0.2, 0) is 20.7 Å². The fourth-order valence-electron chi connectivity index (χ4n) is 6.09. The van der Waals surface area contributed by atoms with Gasteiger partial charge in [-0.05, 0) is 48.3 Å². The number of ether oxygens (including phenoxy) is 1. The van der Waals surface area contributed by atoms with Crippen molar-refractivity contribution in [1.82, 2.24) is 5.32 Å². The molecule has 1 amide bonds. The van der Waals surface area contributed by atoms with Crippen LogP contribution in [0.5, 0.6) is 0 Å². The molecule has 1 saturated heterocycles. The number of hydrogen-bond donors (Lipinski definition) is 3. The molecule has 3 N–H and O–H groups in total. The molecule has 1 saturated carbocycles. The van der Waals surface area contributed by atoms with E-state index in [4.69, 9.17) is 4.74 Å². The zero-order valence-electron chi connectivity index (χ0n) is 20.6. The fourth-order valence-corrected chi connectivity index (χ4v) is 6.09. The minimum absolute atomic E-state index is 0.262. The lowest BCUT2D eigenvalue weighted by Gasteiger charge is -2.49. The van der Waals surface area contributed by atoms with Crippen molar-refractivity contribution in [1.29, 1.82) is 0 Å². The quantitative estimate of drug-likeness (QED) is 0.446. The van der Waals surface area contributed by atoms with E-state index in [0.29, 0.717) is 24.3 Å². The monoisotopic (exact) mass is 479 g/mol. The number of rotatable bonds is 2. The predicted molar refractivity (Wildman–Crippen MR) is 134 cm³/mol. The Morgan fingerprint density at radius 3 is 2.60 bits per heavy atom. The Bertz CT molecular complexity index is 1000. The average Bonchev–Trinajstić information content (AvgIpc) is 3.09. The van der Waals surface area contributed by atoms with Crippen molar-refractivity contribution in [3.05, 3.63) is 72.4 Å². The van der Waals surface area contributed by atoms with Crippen molar-refractivity contribution in [3.63, 3.8) is 0 Å². The van der Waals surface area contributed by atoms with E-state index in [0.717, 1.165) is 24.8 Å². The summed E-state index contributed by atoms with van der Waals surface area (Å²) in [7, 11) is 0. The van der Waals surface area contributed by atoms with Gasteiger partial charge in [-0.15, -0.1) is 0 Å². The zero-order chi connectivity index (χ0) is 25.2. The summed E-state index contributed by atoms with van der Waals surface area (Å²) in [6.45, 7) is 8.27. The lowest BCUT2D eigenvalue weighted by atomic mass is 9.59. The highest BCUT2D eigenvalue weighted by molar-refractivity contribution is 5.94. The Balaban J connectivity index is 1.78. The largest absolute Gasteiger partial charge is 0.445 e. The molecule has 1 spiro atoms. The Hall–Kier alpha value is -2.70. The SMILES string of the molecule is C=C1[C@@H](C)[C@@H]2[C@H](Cc3ccccc3)NC(=O)[C@@]23OC(=O)C=C[C@H](O)CCC[C@H](C)CC=C[C@@H]3[C@@H]1O. The Morgan fingerprint density at radius 2 is 1.86 bits per heavy atom. The molecule has 0 radical (unpaired) electrons. The molecule has 1 aliphatic carbocycles. The molecule has 2 heterocycles. The molecule has 6 nitrogen and oxygen atoms in total. The van der Waals surface area contributed by atoms with E-state index < -0.39 is 35.6 Å². The van der Waals surface area contributed by atoms with Gasteiger partial charge in [0.2, 0.25) is 5.60 Å². The van der Waals surface area contributed by atoms with E-state index in [-0.39, 0.29) is 17.9 Å². The molecule has 1 aromatic rings. The molecule has 0 bridgehead atoms. The number of hydrogen-bond acceptors (Lipinski definition) is 5. The van der Waals surface area contributed by atoms with Crippen molar-refractivity contribution >= 4 is 11.9 Å². The zero-order valence-corrected chi connectivity index (χ0v) is 20.6. The van der Waals surface area contributed by atoms with Crippen LogP contribution in [0.3, 0.4) is 0 Å². The van der Waals surface area contributed by atoms with Crippen molar-refractivity contribution in [3.8, 4) is 0 Å². The first-order valence-electron chi connectivity index (χ1n) is 12.7. The second kappa shape index (κ2) is 10.5. The highest BCUT2D eigenvalue weighted by atomic mass is 16.6. The van der Waals surface area contributed by atoms with Gasteiger partial charge >= 0.3 is 5.97 Å². The lowest BCUT2D eigenvalue weighted by molar-refractivity contribution is -0.182. The molecule has 8 atom stereocenters. The summed E-state index contributed by atoms with van der Waals surface area (Å²) in [5.41, 5.74) is 0.136. The van der Waals surface area contributed by atoms with Gasteiger partial charge in [-0.1, -0.05) is 75.8 Å². The topological polar surface area (TPSA) is 95.9 Å². The highest BCUT2D eigenvalue weighted by Gasteiger charge is 2.67. The van der Waals surface area contributed by atoms with Crippen LogP contribution >= 0.6 is 0 Å². The maximum absolute atomic E-state index is 13.7. The first kappa shape index (κ1) is 25.4. The summed E-state index contributed by atoms with van der Waals surface area (Å²) in [5.74, 6) is -2.13. The lowest BCUT2D eigenvalue weighted by Crippen LogP contribution is -2.61. The summed E-state index contributed by atoms with van der Waals surface area (Å²) in [6, 6.07) is 9.59. The van der Waals surface area contributed by atoms with E-state index in [1.807, 2.05) is 49.4 Å². The van der Waals surface area contributed by atoms with Crippen LogP contribution in [0.1, 0.15) is 45.1 Å². The van der Waals surface area contributed by atoms with Gasteiger partial charge in [0.25, 0.3) is 5.91 Å². The number of amides is 1. The van der Waals surface area contributed by atoms with Gasteiger partial charge in [0, 0.05) is 18.0 Å². The predicted octanol–water partition coefficient (Wildman–Crippen LogP) is 3.49. The van der Waals surface area contributed by atoms with E-state index in [9.17, 15) is 19.8 Å². The maximum atomic E-state index is 13.7. The Labute approximate surface area is 207 Å². The van der Waals surface area contributed by atoms with Crippen LogP contribution < -0.4 is 5.32 Å². The maximum Gasteiger partial charge on any atom is 0.331 e. The molecule has 2 aliphatic heterocycles. The number of benzene rings is 1. The van der Waals surface area contributed by atoms with Gasteiger partial charge in [-0.25, -0.2) is 4.79 Å². The van der Waals surface area contributed by atoms with Crippen molar-refractivity contribution in [2.75, 3.05) is 0 Å². The van der Waals surface area contributed by atoms with Gasteiger partial charge in [0.15, 0.2) is 0 Å². The number of nitrogens with one attached hydrogen (secondary N) is 1. The minimum Gasteiger partial charge on any atom is -0.445 e. The van der Waals surface area contributed by atoms with Gasteiger partial charge in [0.1, 0.15) is 0 Å². The number of allylic oxidation sites excluding steroid dienone is 1. The smallest absolute Gasteiger partial charge is 0.331 e. The van der Waals surface area contributed by atoms with Crippen LogP contribution in [0.25, 0.3) is 0 Å². The second-order valence-electron chi connectivity index (χ2n) is 10.5. The van der Waals surface area contributed by atoms with Crippen molar-refractivity contribution in [2.45, 2.75) is 69.8 Å². The Morgan fingerprint density at radius 1 is 1.11 bits per heavy atom. The van der Waals surface area contributed by atoms with Crippen LogP contribution in [0.4, 0.5) is 0 Å². The second-order valence-corrected chi connectivity index (χ2v) is 10.5. The summed E-state index contributed by atoms with van der Waals surface area (Å²) >= 11 is 0. The van der Waals surface area contributed by atoms with Crippen LogP contribution in [-0.4, -0.2) is 45.9 Å². The molecular formula is C29H37NO5. The number of aliphatic hydroxyl groups excluding tert-OH is 2. The van der Waals surface area contributed by atoms with E-state index in [2.05, 4.69) is 18.8 Å². The van der Waals surface area contributed by atoms with Crippen LogP contribution in [0, 0.1) is 23.7 Å². The van der Waals surface area contributed by atoms with Crippen molar-refractivity contribution in [2.24, 2.45) is 23.7 Å². The molecule has 188 valence electrons. The summed E-state index contributed by atoms with van der Waals surface area (Å²) in [6.07, 6.45) is 8.39. The van der Waals surface area contributed by atoms with Crippen molar-refractivity contribution < 1.29 is 24.5 Å². The molecule has 35 heavy (non-hydrogen) atoms. The molecule has 3 aliphatic rings. The summed E-state index contributed by atoms with van der Waals surface area (Å²) in [4.78, 5) is 26.8. The number of esters is 1. The first-order chi connectivity index (χ1) is 16.7. The minimum atomic E-state index is -1.57. The highest BCUT2D eigenvalue weighted by Crippen LogP contribution is 2.52. The standard InChI is InChI=1S/C29H37NO5/c1-18-9-7-13-22(31)15-16-25(32)35-29-23(14-8-10-18)27(33)20(3)19(2)26(29)24(30-28(29)34)17-21-11-5-4-6-12-21/h4-6,8,11-12,14-16,18-19,22-24,26-27,31,33H,3,7,9-10,13,17H2,1-2H3,(H,30,34)/t18-,19+,22+,23+,24-,26+,27+,29-/m0/s1. The fraction of sp³-hybridized carbons (Fsp3) is 0.517. The number of carbonyl (C=O) groups excluding carboxylic acids is 2. The summed E-state index contributed by atoms with van der Waals surface area (Å²) < 4.78 is 6.05. The molecule has 6 heteroatoms. The molecular weight excluding hydrogens is 442 g/mol. The van der Waals surface area contributed by atoms with Gasteiger partial charge in [0.05, 0.1) is 18.1 Å². The molecule has 0 aromatic heterocycles. The third-order valence-electron chi connectivity index (χ3n) is 8.04. The van der Waals surface area contributed by atoms with E-state index in [1.165, 1.54) is 12.2 Å².